The number of carbonyl (C=O) groups excluding carboxylic acids is 1. The van der Waals surface area contributed by atoms with Crippen LogP contribution in [0, 0.1) is 0 Å². The molecule has 1 aromatic rings. The number of hydrogen-bond donors (Lipinski definition) is 1. The lowest BCUT2D eigenvalue weighted by Gasteiger charge is -2.19. The van der Waals surface area contributed by atoms with Crippen molar-refractivity contribution >= 4 is 15.9 Å². The highest BCUT2D eigenvalue weighted by Crippen LogP contribution is 2.19. The Balaban J connectivity index is 2.75. The van der Waals surface area contributed by atoms with Crippen LogP contribution in [0.15, 0.2) is 29.2 Å². The number of unbranched alkanes of at least 4 members (excludes halogenated alkanes) is 2. The van der Waals surface area contributed by atoms with E-state index in [4.69, 9.17) is 0 Å². The Morgan fingerprint density at radius 2 is 1.67 bits per heavy atom. The quantitative estimate of drug-likeness (QED) is 0.654. The fraction of sp³-hybridized carbons (Fsp3) is 0.611. The molecule has 0 spiro atoms. The van der Waals surface area contributed by atoms with Crippen molar-refractivity contribution in [3.63, 3.8) is 0 Å². The SMILES string of the molecule is CCCCCC(=O)NC(C)c1ccc(S(=O)(=O)N(CC)CC)cc1. The van der Waals surface area contributed by atoms with Gasteiger partial charge in [-0.2, -0.15) is 4.31 Å². The van der Waals surface area contributed by atoms with Gasteiger partial charge < -0.3 is 5.32 Å². The van der Waals surface area contributed by atoms with E-state index in [1.165, 1.54) is 4.31 Å². The summed E-state index contributed by atoms with van der Waals surface area (Å²) < 4.78 is 26.3. The first-order valence-electron chi connectivity index (χ1n) is 8.76. The second-order valence-electron chi connectivity index (χ2n) is 5.90. The Bertz CT molecular complexity index is 608. The van der Waals surface area contributed by atoms with Crippen molar-refractivity contribution in [2.24, 2.45) is 0 Å². The van der Waals surface area contributed by atoms with Gasteiger partial charge in [0.05, 0.1) is 10.9 Å². The van der Waals surface area contributed by atoms with E-state index in [2.05, 4.69) is 12.2 Å². The first-order valence-corrected chi connectivity index (χ1v) is 10.2. The average Bonchev–Trinajstić information content (AvgIpc) is 2.56. The van der Waals surface area contributed by atoms with Gasteiger partial charge >= 0.3 is 0 Å². The summed E-state index contributed by atoms with van der Waals surface area (Å²) in [5.74, 6) is 0.0378. The van der Waals surface area contributed by atoms with E-state index < -0.39 is 10.0 Å². The molecule has 5 nitrogen and oxygen atoms in total. The number of nitrogens with zero attached hydrogens (tertiary/aromatic N) is 1. The number of nitrogens with one attached hydrogen (secondary N) is 1. The van der Waals surface area contributed by atoms with Crippen molar-refractivity contribution in [1.82, 2.24) is 9.62 Å². The van der Waals surface area contributed by atoms with E-state index in [0.717, 1.165) is 24.8 Å². The molecule has 0 aliphatic heterocycles. The van der Waals surface area contributed by atoms with Gasteiger partial charge in [0, 0.05) is 19.5 Å². The Morgan fingerprint density at radius 1 is 1.08 bits per heavy atom. The normalized spacial score (nSPS) is 13.0. The minimum Gasteiger partial charge on any atom is -0.350 e. The molecule has 1 unspecified atom stereocenters. The Morgan fingerprint density at radius 3 is 2.17 bits per heavy atom. The maximum Gasteiger partial charge on any atom is 0.243 e. The molecule has 1 rings (SSSR count). The number of rotatable bonds is 10. The van der Waals surface area contributed by atoms with Crippen LogP contribution in [-0.2, 0) is 14.8 Å². The van der Waals surface area contributed by atoms with Gasteiger partial charge in [-0.15, -0.1) is 0 Å². The first-order chi connectivity index (χ1) is 11.4. The summed E-state index contributed by atoms with van der Waals surface area (Å²) in [5.41, 5.74) is 0.900. The van der Waals surface area contributed by atoms with Crippen molar-refractivity contribution in [1.29, 1.82) is 0 Å². The molecular formula is C18H30N2O3S. The second kappa shape index (κ2) is 9.79. The molecule has 1 N–H and O–H groups in total. The Kier molecular flexibility index (Phi) is 8.42. The molecule has 0 radical (unpaired) electrons. The summed E-state index contributed by atoms with van der Waals surface area (Å²) >= 11 is 0. The van der Waals surface area contributed by atoms with Crippen LogP contribution in [0.4, 0.5) is 0 Å². The fourth-order valence-corrected chi connectivity index (χ4v) is 4.03. The molecule has 0 fully saturated rings. The molecule has 1 aromatic carbocycles. The van der Waals surface area contributed by atoms with Crippen LogP contribution in [0.5, 0.6) is 0 Å². The third-order valence-corrected chi connectivity index (χ3v) is 6.17. The van der Waals surface area contributed by atoms with Crippen LogP contribution in [-0.4, -0.2) is 31.7 Å². The zero-order chi connectivity index (χ0) is 18.2. The summed E-state index contributed by atoms with van der Waals surface area (Å²) in [6.07, 6.45) is 3.58. The zero-order valence-electron chi connectivity index (χ0n) is 15.2. The van der Waals surface area contributed by atoms with Gasteiger partial charge in [0.25, 0.3) is 0 Å². The molecule has 6 heteroatoms. The number of benzene rings is 1. The summed E-state index contributed by atoms with van der Waals surface area (Å²) in [7, 11) is -3.44. The summed E-state index contributed by atoms with van der Waals surface area (Å²) in [6.45, 7) is 8.56. The maximum absolute atomic E-state index is 12.5. The van der Waals surface area contributed by atoms with Crippen molar-refractivity contribution < 1.29 is 13.2 Å². The number of carbonyl (C=O) groups is 1. The predicted octanol–water partition coefficient (Wildman–Crippen LogP) is 3.47. The minimum absolute atomic E-state index is 0.0378. The largest absolute Gasteiger partial charge is 0.350 e. The topological polar surface area (TPSA) is 66.5 Å². The molecule has 1 atom stereocenters. The van der Waals surface area contributed by atoms with E-state index in [1.807, 2.05) is 20.8 Å². The molecule has 0 saturated carbocycles. The molecule has 0 aromatic heterocycles. The van der Waals surface area contributed by atoms with E-state index in [1.54, 1.807) is 24.3 Å². The summed E-state index contributed by atoms with van der Waals surface area (Å²) in [4.78, 5) is 12.2. The molecule has 0 aliphatic carbocycles. The lowest BCUT2D eigenvalue weighted by Crippen LogP contribution is -2.30. The average molecular weight is 355 g/mol. The highest BCUT2D eigenvalue weighted by Gasteiger charge is 2.21. The summed E-state index contributed by atoms with van der Waals surface area (Å²) in [5, 5.41) is 2.96. The van der Waals surface area contributed by atoms with Gasteiger partial charge in [0.15, 0.2) is 0 Å². The van der Waals surface area contributed by atoms with Crippen molar-refractivity contribution in [3.05, 3.63) is 29.8 Å². The van der Waals surface area contributed by atoms with E-state index in [-0.39, 0.29) is 16.8 Å². The monoisotopic (exact) mass is 354 g/mol. The van der Waals surface area contributed by atoms with Crippen LogP contribution in [0.1, 0.15) is 65.0 Å². The molecule has 0 aliphatic rings. The number of amides is 1. The zero-order valence-corrected chi connectivity index (χ0v) is 16.0. The second-order valence-corrected chi connectivity index (χ2v) is 7.84. The summed E-state index contributed by atoms with van der Waals surface area (Å²) in [6, 6.07) is 6.64. The van der Waals surface area contributed by atoms with Crippen LogP contribution >= 0.6 is 0 Å². The lowest BCUT2D eigenvalue weighted by molar-refractivity contribution is -0.121. The van der Waals surface area contributed by atoms with Crippen LogP contribution in [0.3, 0.4) is 0 Å². The molecule has 0 heterocycles. The third kappa shape index (κ3) is 5.60. The standard InChI is InChI=1S/C18H30N2O3S/c1-5-8-9-10-18(21)19-15(4)16-11-13-17(14-12-16)24(22,23)20(6-2)7-3/h11-15H,5-10H2,1-4H3,(H,19,21). The van der Waals surface area contributed by atoms with Crippen LogP contribution < -0.4 is 5.32 Å². The molecule has 0 bridgehead atoms. The fourth-order valence-electron chi connectivity index (χ4n) is 2.57. The van der Waals surface area contributed by atoms with E-state index in [9.17, 15) is 13.2 Å². The van der Waals surface area contributed by atoms with Crippen molar-refractivity contribution in [3.8, 4) is 0 Å². The predicted molar refractivity (Wildman–Crippen MR) is 97.2 cm³/mol. The maximum atomic E-state index is 12.5. The van der Waals surface area contributed by atoms with Gasteiger partial charge in [0.2, 0.25) is 15.9 Å². The van der Waals surface area contributed by atoms with Gasteiger partial charge in [-0.05, 0) is 31.0 Å². The van der Waals surface area contributed by atoms with Gasteiger partial charge in [-0.25, -0.2) is 8.42 Å². The van der Waals surface area contributed by atoms with Gasteiger partial charge in [0.1, 0.15) is 0 Å². The Hall–Kier alpha value is -1.40. The van der Waals surface area contributed by atoms with Crippen LogP contribution in [0.25, 0.3) is 0 Å². The molecular weight excluding hydrogens is 324 g/mol. The van der Waals surface area contributed by atoms with E-state index >= 15 is 0 Å². The molecule has 24 heavy (non-hydrogen) atoms. The lowest BCUT2D eigenvalue weighted by atomic mass is 10.1. The highest BCUT2D eigenvalue weighted by atomic mass is 32.2. The van der Waals surface area contributed by atoms with Crippen molar-refractivity contribution in [2.45, 2.75) is 64.3 Å². The van der Waals surface area contributed by atoms with Crippen LogP contribution in [0.2, 0.25) is 0 Å². The number of hydrogen-bond acceptors (Lipinski definition) is 3. The number of sulfonamides is 1. The van der Waals surface area contributed by atoms with Crippen molar-refractivity contribution in [2.75, 3.05) is 13.1 Å². The van der Waals surface area contributed by atoms with Gasteiger partial charge in [-0.1, -0.05) is 45.7 Å². The smallest absolute Gasteiger partial charge is 0.243 e. The molecule has 136 valence electrons. The minimum atomic E-state index is -3.44. The molecule has 0 saturated heterocycles. The molecule has 1 amide bonds. The van der Waals surface area contributed by atoms with E-state index in [0.29, 0.717) is 19.5 Å². The third-order valence-electron chi connectivity index (χ3n) is 4.11. The first kappa shape index (κ1) is 20.6. The Labute approximate surface area is 146 Å². The highest BCUT2D eigenvalue weighted by molar-refractivity contribution is 7.89. The van der Waals surface area contributed by atoms with Gasteiger partial charge in [-0.3, -0.25) is 4.79 Å².